The Morgan fingerprint density at radius 2 is 1.94 bits per heavy atom. The van der Waals surface area contributed by atoms with Crippen LogP contribution in [0, 0.1) is 12.7 Å². The number of fused-ring (bicyclic) bond motifs is 1. The maximum absolute atomic E-state index is 13.3. The van der Waals surface area contributed by atoms with Crippen LogP contribution in [0.1, 0.15) is 30.9 Å². The maximum atomic E-state index is 13.3. The van der Waals surface area contributed by atoms with Crippen LogP contribution < -0.4 is 0 Å². The maximum Gasteiger partial charge on any atom is 0.133 e. The summed E-state index contributed by atoms with van der Waals surface area (Å²) in [6.45, 7) is 5.92. The SMILES string of the molecule is Cc1cc(F)cc2cc(C(C)C)c(Cl)nc12. The molecule has 84 valence electrons. The van der Waals surface area contributed by atoms with Gasteiger partial charge in [0.05, 0.1) is 5.52 Å². The van der Waals surface area contributed by atoms with Crippen LogP contribution in [0.25, 0.3) is 10.9 Å². The van der Waals surface area contributed by atoms with Crippen LogP contribution in [0.15, 0.2) is 18.2 Å². The average molecular weight is 238 g/mol. The molecule has 1 aromatic heterocycles. The Hall–Kier alpha value is -1.15. The van der Waals surface area contributed by atoms with Gasteiger partial charge in [-0.05, 0) is 42.2 Å². The molecule has 0 spiro atoms. The second-order valence-electron chi connectivity index (χ2n) is 4.32. The van der Waals surface area contributed by atoms with Gasteiger partial charge >= 0.3 is 0 Å². The van der Waals surface area contributed by atoms with Crippen molar-refractivity contribution in [3.05, 3.63) is 40.3 Å². The Balaban J connectivity index is 2.79. The number of aryl methyl sites for hydroxylation is 1. The number of rotatable bonds is 1. The predicted octanol–water partition coefficient (Wildman–Crippen LogP) is 4.46. The van der Waals surface area contributed by atoms with E-state index < -0.39 is 0 Å². The summed E-state index contributed by atoms with van der Waals surface area (Å²) in [5, 5.41) is 1.32. The largest absolute Gasteiger partial charge is 0.236 e. The van der Waals surface area contributed by atoms with E-state index in [0.29, 0.717) is 5.15 Å². The lowest BCUT2D eigenvalue weighted by molar-refractivity contribution is 0.628. The van der Waals surface area contributed by atoms with Crippen molar-refractivity contribution in [2.75, 3.05) is 0 Å². The van der Waals surface area contributed by atoms with E-state index in [0.717, 1.165) is 22.0 Å². The molecule has 16 heavy (non-hydrogen) atoms. The van der Waals surface area contributed by atoms with Gasteiger partial charge in [0.25, 0.3) is 0 Å². The van der Waals surface area contributed by atoms with E-state index in [1.807, 2.05) is 26.8 Å². The van der Waals surface area contributed by atoms with Crippen molar-refractivity contribution >= 4 is 22.5 Å². The van der Waals surface area contributed by atoms with Crippen molar-refractivity contribution in [3.8, 4) is 0 Å². The highest BCUT2D eigenvalue weighted by atomic mass is 35.5. The lowest BCUT2D eigenvalue weighted by Crippen LogP contribution is -1.94. The highest BCUT2D eigenvalue weighted by molar-refractivity contribution is 6.30. The molecule has 0 unspecified atom stereocenters. The minimum absolute atomic E-state index is 0.233. The van der Waals surface area contributed by atoms with Crippen molar-refractivity contribution < 1.29 is 4.39 Å². The van der Waals surface area contributed by atoms with Crippen LogP contribution in [0.4, 0.5) is 4.39 Å². The third-order valence-electron chi connectivity index (χ3n) is 2.68. The third kappa shape index (κ3) is 1.90. The smallest absolute Gasteiger partial charge is 0.133 e. The molecule has 0 fully saturated rings. The molecule has 0 radical (unpaired) electrons. The van der Waals surface area contributed by atoms with Crippen molar-refractivity contribution in [1.82, 2.24) is 4.98 Å². The van der Waals surface area contributed by atoms with Crippen LogP contribution >= 0.6 is 11.6 Å². The summed E-state index contributed by atoms with van der Waals surface area (Å²) in [6, 6.07) is 4.89. The summed E-state index contributed by atoms with van der Waals surface area (Å²) in [6.07, 6.45) is 0. The molecule has 0 bridgehead atoms. The molecule has 0 N–H and O–H groups in total. The van der Waals surface area contributed by atoms with Gasteiger partial charge in [-0.2, -0.15) is 0 Å². The first-order chi connectivity index (χ1) is 7.49. The van der Waals surface area contributed by atoms with Gasteiger partial charge in [-0.3, -0.25) is 0 Å². The molecular formula is C13H13ClFN. The second kappa shape index (κ2) is 4.02. The number of aromatic nitrogens is 1. The zero-order valence-electron chi connectivity index (χ0n) is 9.51. The first kappa shape index (κ1) is 11.3. The molecule has 2 rings (SSSR count). The van der Waals surface area contributed by atoms with Crippen molar-refractivity contribution in [2.24, 2.45) is 0 Å². The molecule has 1 nitrogen and oxygen atoms in total. The molecule has 1 heterocycles. The van der Waals surface area contributed by atoms with E-state index in [9.17, 15) is 4.39 Å². The quantitative estimate of drug-likeness (QED) is 0.668. The monoisotopic (exact) mass is 237 g/mol. The summed E-state index contributed by atoms with van der Waals surface area (Å²) in [5.41, 5.74) is 2.54. The lowest BCUT2D eigenvalue weighted by atomic mass is 10.0. The zero-order valence-corrected chi connectivity index (χ0v) is 10.3. The number of hydrogen-bond donors (Lipinski definition) is 0. The molecule has 0 saturated heterocycles. The molecule has 0 aliphatic carbocycles. The van der Waals surface area contributed by atoms with Crippen LogP contribution in [-0.2, 0) is 0 Å². The van der Waals surface area contributed by atoms with Gasteiger partial charge in [-0.1, -0.05) is 25.4 Å². The van der Waals surface area contributed by atoms with E-state index >= 15 is 0 Å². The molecule has 1 aromatic carbocycles. The summed E-state index contributed by atoms with van der Waals surface area (Å²) in [7, 11) is 0. The molecular weight excluding hydrogens is 225 g/mol. The normalized spacial score (nSPS) is 11.4. The van der Waals surface area contributed by atoms with E-state index in [1.165, 1.54) is 12.1 Å². The fourth-order valence-electron chi connectivity index (χ4n) is 1.82. The standard InChI is InChI=1S/C13H13ClFN/c1-7(2)11-6-9-5-10(15)4-8(3)12(9)16-13(11)14/h4-7H,1-3H3. The minimum Gasteiger partial charge on any atom is -0.236 e. The number of hydrogen-bond acceptors (Lipinski definition) is 1. The van der Waals surface area contributed by atoms with E-state index in [-0.39, 0.29) is 11.7 Å². The third-order valence-corrected chi connectivity index (χ3v) is 2.98. The number of nitrogens with zero attached hydrogens (tertiary/aromatic N) is 1. The Kier molecular flexibility index (Phi) is 2.85. The second-order valence-corrected chi connectivity index (χ2v) is 4.68. The van der Waals surface area contributed by atoms with Gasteiger partial charge in [0.2, 0.25) is 0 Å². The van der Waals surface area contributed by atoms with Gasteiger partial charge in [-0.15, -0.1) is 0 Å². The predicted molar refractivity (Wildman–Crippen MR) is 65.5 cm³/mol. The van der Waals surface area contributed by atoms with Gasteiger partial charge in [0.1, 0.15) is 11.0 Å². The van der Waals surface area contributed by atoms with Crippen LogP contribution in [0.5, 0.6) is 0 Å². The van der Waals surface area contributed by atoms with Gasteiger partial charge in [0, 0.05) is 5.39 Å². The van der Waals surface area contributed by atoms with Crippen LogP contribution in [0.2, 0.25) is 5.15 Å². The lowest BCUT2D eigenvalue weighted by Gasteiger charge is -2.10. The number of benzene rings is 1. The number of halogens is 2. The first-order valence-corrected chi connectivity index (χ1v) is 5.63. The van der Waals surface area contributed by atoms with E-state index in [1.54, 1.807) is 0 Å². The zero-order chi connectivity index (χ0) is 11.9. The highest BCUT2D eigenvalue weighted by Gasteiger charge is 2.10. The molecule has 0 aliphatic heterocycles. The van der Waals surface area contributed by atoms with Gasteiger partial charge < -0.3 is 0 Å². The summed E-state index contributed by atoms with van der Waals surface area (Å²) in [5.74, 6) is 0.0526. The summed E-state index contributed by atoms with van der Waals surface area (Å²) < 4.78 is 13.3. The van der Waals surface area contributed by atoms with Crippen molar-refractivity contribution in [2.45, 2.75) is 26.7 Å². The van der Waals surface area contributed by atoms with Crippen LogP contribution in [-0.4, -0.2) is 4.98 Å². The average Bonchev–Trinajstić information content (AvgIpc) is 2.18. The molecule has 0 atom stereocenters. The highest BCUT2D eigenvalue weighted by Crippen LogP contribution is 2.28. The first-order valence-electron chi connectivity index (χ1n) is 5.25. The Labute approximate surface area is 99.3 Å². The molecule has 0 amide bonds. The number of pyridine rings is 1. The Morgan fingerprint density at radius 3 is 2.56 bits per heavy atom. The Bertz CT molecular complexity index is 549. The molecule has 3 heteroatoms. The molecule has 2 aromatic rings. The fourth-order valence-corrected chi connectivity index (χ4v) is 2.18. The topological polar surface area (TPSA) is 12.9 Å². The van der Waals surface area contributed by atoms with Gasteiger partial charge in [-0.25, -0.2) is 9.37 Å². The summed E-state index contributed by atoms with van der Waals surface area (Å²) >= 11 is 6.11. The molecule has 0 saturated carbocycles. The van der Waals surface area contributed by atoms with Crippen LogP contribution in [0.3, 0.4) is 0 Å². The molecule has 0 aliphatic rings. The fraction of sp³-hybridized carbons (Fsp3) is 0.308. The Morgan fingerprint density at radius 1 is 1.25 bits per heavy atom. The van der Waals surface area contributed by atoms with E-state index in [2.05, 4.69) is 4.98 Å². The minimum atomic E-state index is -0.233. The van der Waals surface area contributed by atoms with Gasteiger partial charge in [0.15, 0.2) is 0 Å². The summed E-state index contributed by atoms with van der Waals surface area (Å²) in [4.78, 5) is 4.34. The van der Waals surface area contributed by atoms with E-state index in [4.69, 9.17) is 11.6 Å². The van der Waals surface area contributed by atoms with Crippen molar-refractivity contribution in [3.63, 3.8) is 0 Å². The van der Waals surface area contributed by atoms with Crippen molar-refractivity contribution in [1.29, 1.82) is 0 Å².